The van der Waals surface area contributed by atoms with Gasteiger partial charge in [-0.15, -0.1) is 0 Å². The summed E-state index contributed by atoms with van der Waals surface area (Å²) in [5.41, 5.74) is 4.32. The maximum absolute atomic E-state index is 12.5. The van der Waals surface area contributed by atoms with Crippen molar-refractivity contribution in [3.05, 3.63) is 40.3 Å². The Morgan fingerprint density at radius 1 is 1.07 bits per heavy atom. The minimum atomic E-state index is -0.641. The second-order valence-corrected chi connectivity index (χ2v) is 6.45. The molecule has 2 aromatic rings. The summed E-state index contributed by atoms with van der Waals surface area (Å²) in [4.78, 5) is 50.1. The summed E-state index contributed by atoms with van der Waals surface area (Å²) in [5, 5.41) is 4.76. The Labute approximate surface area is 155 Å². The summed E-state index contributed by atoms with van der Waals surface area (Å²) in [6.45, 7) is 0.424. The van der Waals surface area contributed by atoms with Crippen LogP contribution in [0.15, 0.2) is 29.1 Å². The summed E-state index contributed by atoms with van der Waals surface area (Å²) >= 11 is 0. The minimum absolute atomic E-state index is 0.0267. The number of hydrogen-bond acceptors (Lipinski definition) is 5. The number of rotatable bonds is 3. The Morgan fingerprint density at radius 3 is 2.59 bits per heavy atom. The second-order valence-electron chi connectivity index (χ2n) is 6.45. The molecule has 0 atom stereocenters. The van der Waals surface area contributed by atoms with Gasteiger partial charge in [0.1, 0.15) is 6.54 Å². The molecular weight excluding hydrogens is 350 g/mol. The standard InChI is InChI=1S/C18H21N5O4/c1-22-18(27)13-8-5-4-7-12(13)16(21-22)17(26)20-19-14(24)11-23-10-6-2-3-9-15(23)25/h4-5,7-8H,2-3,6,9-11H2,1H3,(H,19,24)(H,20,26). The van der Waals surface area contributed by atoms with E-state index in [0.717, 1.165) is 23.9 Å². The third-order valence-electron chi connectivity index (χ3n) is 4.49. The molecule has 1 fully saturated rings. The van der Waals surface area contributed by atoms with Gasteiger partial charge in [-0.2, -0.15) is 5.10 Å². The van der Waals surface area contributed by atoms with Gasteiger partial charge in [0.25, 0.3) is 17.4 Å². The van der Waals surface area contributed by atoms with Gasteiger partial charge >= 0.3 is 0 Å². The predicted octanol–water partition coefficient (Wildman–Crippen LogP) is 0.0971. The van der Waals surface area contributed by atoms with Gasteiger partial charge in [0.05, 0.1) is 5.39 Å². The largest absolute Gasteiger partial charge is 0.333 e. The average molecular weight is 371 g/mol. The van der Waals surface area contributed by atoms with Crippen molar-refractivity contribution in [1.82, 2.24) is 25.5 Å². The topological polar surface area (TPSA) is 113 Å². The number of nitrogens with zero attached hydrogens (tertiary/aromatic N) is 3. The molecule has 1 aliphatic rings. The molecule has 142 valence electrons. The number of hydrazine groups is 1. The maximum atomic E-state index is 12.5. The highest BCUT2D eigenvalue weighted by Crippen LogP contribution is 2.13. The van der Waals surface area contributed by atoms with E-state index in [4.69, 9.17) is 0 Å². The van der Waals surface area contributed by atoms with Crippen LogP contribution in [0.3, 0.4) is 0 Å². The molecule has 1 saturated heterocycles. The number of amides is 3. The molecule has 2 N–H and O–H groups in total. The van der Waals surface area contributed by atoms with Crippen molar-refractivity contribution in [3.8, 4) is 0 Å². The summed E-state index contributed by atoms with van der Waals surface area (Å²) in [5.74, 6) is -1.19. The number of benzene rings is 1. The zero-order valence-electron chi connectivity index (χ0n) is 15.0. The molecule has 27 heavy (non-hydrogen) atoms. The van der Waals surface area contributed by atoms with Crippen LogP contribution in [0.1, 0.15) is 36.2 Å². The number of fused-ring (bicyclic) bond motifs is 1. The SMILES string of the molecule is Cn1nc(C(=O)NNC(=O)CN2CCCCCC2=O)c2ccccc2c1=O. The molecule has 0 radical (unpaired) electrons. The van der Waals surface area contributed by atoms with Gasteiger partial charge in [-0.1, -0.05) is 24.6 Å². The van der Waals surface area contributed by atoms with Crippen LogP contribution < -0.4 is 16.4 Å². The van der Waals surface area contributed by atoms with Gasteiger partial charge in [0.2, 0.25) is 5.91 Å². The highest BCUT2D eigenvalue weighted by atomic mass is 16.2. The first-order valence-electron chi connectivity index (χ1n) is 8.80. The van der Waals surface area contributed by atoms with E-state index in [9.17, 15) is 19.2 Å². The Balaban J connectivity index is 1.68. The van der Waals surface area contributed by atoms with Crippen LogP contribution in [0.2, 0.25) is 0 Å². The number of hydrogen-bond donors (Lipinski definition) is 2. The van der Waals surface area contributed by atoms with Gasteiger partial charge in [0, 0.05) is 25.4 Å². The Morgan fingerprint density at radius 2 is 1.81 bits per heavy atom. The maximum Gasteiger partial charge on any atom is 0.290 e. The fraction of sp³-hybridized carbons (Fsp3) is 0.389. The lowest BCUT2D eigenvalue weighted by Gasteiger charge is -2.19. The van der Waals surface area contributed by atoms with Crippen molar-refractivity contribution in [2.45, 2.75) is 25.7 Å². The molecule has 1 aliphatic heterocycles. The third kappa shape index (κ3) is 4.13. The Kier molecular flexibility index (Phi) is 5.49. The average Bonchev–Trinajstić information content (AvgIpc) is 2.87. The minimum Gasteiger partial charge on any atom is -0.333 e. The normalized spacial score (nSPS) is 14.7. The van der Waals surface area contributed by atoms with Crippen LogP contribution >= 0.6 is 0 Å². The number of aryl methyl sites for hydroxylation is 1. The number of carbonyl (C=O) groups is 3. The highest BCUT2D eigenvalue weighted by Gasteiger charge is 2.20. The van der Waals surface area contributed by atoms with Gasteiger partial charge in [-0.3, -0.25) is 30.0 Å². The second kappa shape index (κ2) is 7.98. The molecule has 0 unspecified atom stereocenters. The molecule has 0 bridgehead atoms. The van der Waals surface area contributed by atoms with Crippen LogP contribution in [-0.4, -0.2) is 45.5 Å². The zero-order valence-corrected chi connectivity index (χ0v) is 15.0. The molecule has 9 heteroatoms. The Bertz CT molecular complexity index is 952. The molecule has 0 aliphatic carbocycles. The van der Waals surface area contributed by atoms with Crippen LogP contribution in [0, 0.1) is 0 Å². The zero-order chi connectivity index (χ0) is 19.4. The lowest BCUT2D eigenvalue weighted by atomic mass is 10.1. The highest BCUT2D eigenvalue weighted by molar-refractivity contribution is 6.05. The summed E-state index contributed by atoms with van der Waals surface area (Å²) in [7, 11) is 1.45. The molecule has 9 nitrogen and oxygen atoms in total. The molecule has 0 saturated carbocycles. The van der Waals surface area contributed by atoms with Gasteiger partial charge in [0.15, 0.2) is 5.69 Å². The van der Waals surface area contributed by atoms with Crippen molar-refractivity contribution < 1.29 is 14.4 Å². The van der Waals surface area contributed by atoms with Crippen molar-refractivity contribution in [3.63, 3.8) is 0 Å². The van der Waals surface area contributed by atoms with E-state index in [1.165, 1.54) is 11.9 Å². The summed E-state index contributed by atoms with van der Waals surface area (Å²) < 4.78 is 1.08. The molecule has 3 amide bonds. The quantitative estimate of drug-likeness (QED) is 0.743. The van der Waals surface area contributed by atoms with Crippen LogP contribution in [0.5, 0.6) is 0 Å². The first-order chi connectivity index (χ1) is 13.0. The first kappa shape index (κ1) is 18.6. The third-order valence-corrected chi connectivity index (χ3v) is 4.49. The van der Waals surface area contributed by atoms with Crippen LogP contribution in [0.25, 0.3) is 10.8 Å². The van der Waals surface area contributed by atoms with Crippen molar-refractivity contribution in [1.29, 1.82) is 0 Å². The van der Waals surface area contributed by atoms with Crippen molar-refractivity contribution in [2.75, 3.05) is 13.1 Å². The monoisotopic (exact) mass is 371 g/mol. The summed E-state index contributed by atoms with van der Waals surface area (Å²) in [6.07, 6.45) is 3.10. The van der Waals surface area contributed by atoms with Crippen molar-refractivity contribution >= 4 is 28.5 Å². The number of aromatic nitrogens is 2. The number of nitrogens with one attached hydrogen (secondary N) is 2. The van der Waals surface area contributed by atoms with Gasteiger partial charge in [-0.05, 0) is 18.9 Å². The van der Waals surface area contributed by atoms with E-state index in [1.807, 2.05) is 0 Å². The molecule has 0 spiro atoms. The van der Waals surface area contributed by atoms with E-state index in [-0.39, 0.29) is 23.7 Å². The lowest BCUT2D eigenvalue weighted by Crippen LogP contribution is -2.48. The van der Waals surface area contributed by atoms with E-state index in [1.54, 1.807) is 24.3 Å². The van der Waals surface area contributed by atoms with Crippen molar-refractivity contribution in [2.24, 2.45) is 7.05 Å². The molecule has 1 aromatic carbocycles. The molecule has 3 rings (SSSR count). The van der Waals surface area contributed by atoms with E-state index in [2.05, 4.69) is 16.0 Å². The smallest absolute Gasteiger partial charge is 0.290 e. The van der Waals surface area contributed by atoms with E-state index in [0.29, 0.717) is 23.7 Å². The van der Waals surface area contributed by atoms with E-state index >= 15 is 0 Å². The van der Waals surface area contributed by atoms with Crippen LogP contribution in [-0.2, 0) is 16.6 Å². The molecular formula is C18H21N5O4. The van der Waals surface area contributed by atoms with Gasteiger partial charge < -0.3 is 4.90 Å². The van der Waals surface area contributed by atoms with E-state index < -0.39 is 11.8 Å². The lowest BCUT2D eigenvalue weighted by molar-refractivity contribution is -0.135. The predicted molar refractivity (Wildman–Crippen MR) is 97.6 cm³/mol. The summed E-state index contributed by atoms with van der Waals surface area (Å²) in [6, 6.07) is 6.63. The molecule has 2 heterocycles. The number of likely N-dealkylation sites (tertiary alicyclic amines) is 1. The first-order valence-corrected chi connectivity index (χ1v) is 8.80. The fourth-order valence-corrected chi connectivity index (χ4v) is 3.07. The molecule has 1 aromatic heterocycles. The van der Waals surface area contributed by atoms with Gasteiger partial charge in [-0.25, -0.2) is 4.68 Å². The Hall–Kier alpha value is -3.23. The van der Waals surface area contributed by atoms with Crippen LogP contribution in [0.4, 0.5) is 0 Å². The number of carbonyl (C=O) groups excluding carboxylic acids is 3. The fourth-order valence-electron chi connectivity index (χ4n) is 3.07.